The lowest BCUT2D eigenvalue weighted by molar-refractivity contribution is -0.384. The number of hydrogen-bond donors (Lipinski definition) is 2. The molecule has 2 saturated carbocycles. The molecule has 0 saturated heterocycles. The number of aryl methyl sites for hydroxylation is 1. The van der Waals surface area contributed by atoms with Gasteiger partial charge in [-0.15, -0.1) is 6.58 Å². The molecule has 6 atom stereocenters. The molecule has 3 aromatic rings. The van der Waals surface area contributed by atoms with Crippen LogP contribution >= 0.6 is 0 Å². The number of carbonyl (C=O) groups excluding carboxylic acids is 1. The molecule has 338 valence electrons. The lowest BCUT2D eigenvalue weighted by atomic mass is 9.55. The minimum absolute atomic E-state index is 0.00571. The second-order valence-electron chi connectivity index (χ2n) is 17.7. The Bertz CT molecular complexity index is 2100. The van der Waals surface area contributed by atoms with Crippen LogP contribution in [0.2, 0.25) is 0 Å². The molecule has 2 fully saturated rings. The van der Waals surface area contributed by atoms with Crippen LogP contribution < -0.4 is 9.47 Å². The Morgan fingerprint density at radius 2 is 1.79 bits per heavy atom. The van der Waals surface area contributed by atoms with E-state index in [1.165, 1.54) is 25.0 Å². The minimum Gasteiger partial charge on any atom is -0.487 e. The number of likely N-dealkylation sites (N-methyl/N-ethyl adjacent to an activating group) is 1. The molecular weight excluding hydrogens is 801 g/mol. The quantitative estimate of drug-likeness (QED) is 0.0431. The highest BCUT2D eigenvalue weighted by molar-refractivity contribution is 6.03. The van der Waals surface area contributed by atoms with Crippen LogP contribution in [0, 0.1) is 40.7 Å². The number of aromatic nitrogens is 1. The number of nitro groups is 1. The predicted octanol–water partition coefficient (Wildman–Crippen LogP) is 9.14. The number of oxime groups is 1. The molecule has 13 heteroatoms. The average Bonchev–Trinajstić information content (AvgIpc) is 3.82. The van der Waals surface area contributed by atoms with Gasteiger partial charge in [-0.05, 0) is 110 Å². The Balaban J connectivity index is 1.35. The van der Waals surface area contributed by atoms with Crippen LogP contribution in [0.25, 0.3) is 0 Å². The number of amides is 1. The second-order valence-corrected chi connectivity index (χ2v) is 17.7. The number of fused-ring (bicyclic) bond motifs is 2. The number of nitro benzene ring substituents is 1. The summed E-state index contributed by atoms with van der Waals surface area (Å²) in [4.78, 5) is 38.0. The zero-order valence-electron chi connectivity index (χ0n) is 36.9. The molecule has 2 N–H and O–H groups in total. The van der Waals surface area contributed by atoms with E-state index in [0.29, 0.717) is 42.4 Å². The van der Waals surface area contributed by atoms with Crippen molar-refractivity contribution in [3.8, 4) is 11.5 Å². The molecule has 3 aliphatic carbocycles. The number of aliphatic hydroxyl groups is 2. The summed E-state index contributed by atoms with van der Waals surface area (Å²) in [5, 5.41) is 36.1. The van der Waals surface area contributed by atoms with E-state index < -0.39 is 22.7 Å². The molecule has 7 rings (SSSR count). The summed E-state index contributed by atoms with van der Waals surface area (Å²) in [5.74, 6) is 0.0494. The maximum Gasteiger partial charge on any atom is 0.269 e. The lowest BCUT2D eigenvalue weighted by Gasteiger charge is -2.59. The average molecular weight is 865 g/mol. The molecule has 0 spiro atoms. The number of ether oxygens (including phenoxy) is 3. The Kier molecular flexibility index (Phi) is 15.7. The van der Waals surface area contributed by atoms with Crippen molar-refractivity contribution in [1.82, 2.24) is 9.88 Å². The summed E-state index contributed by atoms with van der Waals surface area (Å²) in [6.07, 6.45) is 14.9. The van der Waals surface area contributed by atoms with Crippen molar-refractivity contribution < 1.29 is 39.0 Å². The first kappa shape index (κ1) is 45.9. The third kappa shape index (κ3) is 10.6. The summed E-state index contributed by atoms with van der Waals surface area (Å²) in [6, 6.07) is 17.5. The van der Waals surface area contributed by atoms with Crippen LogP contribution in [0.4, 0.5) is 5.69 Å². The highest BCUT2D eigenvalue weighted by Gasteiger charge is 2.65. The Morgan fingerprint density at radius 3 is 2.51 bits per heavy atom. The largest absolute Gasteiger partial charge is 0.487 e. The number of hydrogen-bond acceptors (Lipinski definition) is 11. The van der Waals surface area contributed by atoms with Crippen molar-refractivity contribution in [2.45, 2.75) is 121 Å². The first-order chi connectivity index (χ1) is 30.6. The van der Waals surface area contributed by atoms with Crippen molar-refractivity contribution >= 4 is 17.3 Å². The summed E-state index contributed by atoms with van der Waals surface area (Å²) in [6.45, 7) is 6.73. The van der Waals surface area contributed by atoms with Crippen LogP contribution in [-0.2, 0) is 27.6 Å². The van der Waals surface area contributed by atoms with Gasteiger partial charge in [0.1, 0.15) is 30.8 Å². The van der Waals surface area contributed by atoms with Gasteiger partial charge in [-0.2, -0.15) is 0 Å². The summed E-state index contributed by atoms with van der Waals surface area (Å²) < 4.78 is 20.8. The first-order valence-electron chi connectivity index (χ1n) is 22.9. The number of benzene rings is 2. The number of rotatable bonds is 22. The maximum absolute atomic E-state index is 14.5. The lowest BCUT2D eigenvalue weighted by Crippen LogP contribution is -2.69. The maximum atomic E-state index is 14.5. The van der Waals surface area contributed by atoms with Gasteiger partial charge in [-0.25, -0.2) is 0 Å². The van der Waals surface area contributed by atoms with Crippen LogP contribution in [0.3, 0.4) is 0 Å². The van der Waals surface area contributed by atoms with E-state index >= 15 is 0 Å². The van der Waals surface area contributed by atoms with E-state index in [1.54, 1.807) is 18.2 Å². The van der Waals surface area contributed by atoms with Gasteiger partial charge in [0.2, 0.25) is 11.7 Å². The van der Waals surface area contributed by atoms with E-state index in [9.17, 15) is 25.1 Å². The fraction of sp³-hybridized carbons (Fsp3) is 0.540. The third-order valence-corrected chi connectivity index (χ3v) is 13.6. The molecule has 1 aliphatic heterocycles. The number of non-ortho nitro benzene ring substituents is 1. The summed E-state index contributed by atoms with van der Waals surface area (Å²) in [5.41, 5.74) is 5.05. The standard InChI is InChI=1S/C50H64N4O9/c1-4-28-61-50-46(53(3)47(57)25-20-35-13-5-6-14-35)31-44(52-62-32-36-18-21-39(22-19-36)54(58)59)42-29-37(15-7-9-26-55)41(17-8-10-27-56)48(49(42)50)43-30-40(23-24-45(43)63-50)60-33-38-16-11-12-34(2)51-38/h4,11-12,16,18-19,21-24,29-30,35,37,41,46,48-49,55-56H,1,5-10,13-15,17,20,25-28,31-33H2,2-3H3/t37-,41+,46-,48+,49+,50+/m0/s1. The Hall–Kier alpha value is -5.11. The molecule has 2 aromatic carbocycles. The zero-order chi connectivity index (χ0) is 44.3. The Morgan fingerprint density at radius 1 is 1.03 bits per heavy atom. The second kappa shape index (κ2) is 21.5. The number of allylic oxidation sites excluding steroid dienone is 1. The normalized spacial score (nSPS) is 24.5. The van der Waals surface area contributed by atoms with Crippen molar-refractivity contribution in [1.29, 1.82) is 0 Å². The topological polar surface area (TPSA) is 166 Å². The first-order valence-corrected chi connectivity index (χ1v) is 22.9. The van der Waals surface area contributed by atoms with E-state index in [4.69, 9.17) is 24.2 Å². The summed E-state index contributed by atoms with van der Waals surface area (Å²) >= 11 is 0. The Labute approximate surface area is 371 Å². The predicted molar refractivity (Wildman–Crippen MR) is 240 cm³/mol. The number of carbonyl (C=O) groups is 1. The van der Waals surface area contributed by atoms with Crippen molar-refractivity contribution in [3.63, 3.8) is 0 Å². The smallest absolute Gasteiger partial charge is 0.269 e. The van der Waals surface area contributed by atoms with Crippen LogP contribution in [0.15, 0.2) is 90.1 Å². The van der Waals surface area contributed by atoms with Crippen LogP contribution in [-0.4, -0.2) is 75.3 Å². The molecule has 0 unspecified atom stereocenters. The fourth-order valence-electron chi connectivity index (χ4n) is 10.5. The molecule has 0 bridgehead atoms. The van der Waals surface area contributed by atoms with Crippen molar-refractivity contribution in [2.24, 2.45) is 28.8 Å². The number of aliphatic hydroxyl groups excluding tert-OH is 2. The van der Waals surface area contributed by atoms with E-state index in [2.05, 4.69) is 23.7 Å². The highest BCUT2D eigenvalue weighted by atomic mass is 16.7. The summed E-state index contributed by atoms with van der Waals surface area (Å²) in [7, 11) is 1.86. The van der Waals surface area contributed by atoms with Gasteiger partial charge in [-0.1, -0.05) is 61.9 Å². The van der Waals surface area contributed by atoms with Gasteiger partial charge in [-0.3, -0.25) is 19.9 Å². The monoisotopic (exact) mass is 864 g/mol. The molecule has 63 heavy (non-hydrogen) atoms. The highest BCUT2D eigenvalue weighted by Crippen LogP contribution is 2.62. The van der Waals surface area contributed by atoms with E-state index in [1.807, 2.05) is 49.2 Å². The molecule has 1 aromatic heterocycles. The SMILES string of the molecule is C=CCO[C@@]12Oc3ccc(OCc4cccc(C)n4)cc3[C@H]3[C@H](CCCCO)[C@@H](CCCCO)C=C(C(=NOCc4ccc([N+](=O)[O-])cc4)C[C@@H]1N(C)C(=O)CCC1CCCC1)[C@H]32. The van der Waals surface area contributed by atoms with Crippen molar-refractivity contribution in [3.05, 3.63) is 118 Å². The van der Waals surface area contributed by atoms with Gasteiger partial charge in [0.15, 0.2) is 0 Å². The third-order valence-electron chi connectivity index (χ3n) is 13.6. The van der Waals surface area contributed by atoms with Crippen LogP contribution in [0.1, 0.15) is 112 Å². The number of unbranched alkanes of at least 4 members (excludes halogenated alkanes) is 2. The fourth-order valence-corrected chi connectivity index (χ4v) is 10.5. The van der Waals surface area contributed by atoms with Gasteiger partial charge in [0, 0.05) is 62.4 Å². The molecule has 2 heterocycles. The minimum atomic E-state index is -1.34. The van der Waals surface area contributed by atoms with Gasteiger partial charge in [0.25, 0.3) is 5.69 Å². The van der Waals surface area contributed by atoms with E-state index in [0.717, 1.165) is 73.0 Å². The zero-order valence-corrected chi connectivity index (χ0v) is 36.9. The number of pyridine rings is 1. The molecule has 4 aliphatic rings. The van der Waals surface area contributed by atoms with Crippen LogP contribution in [0.5, 0.6) is 11.5 Å². The van der Waals surface area contributed by atoms with Crippen molar-refractivity contribution in [2.75, 3.05) is 26.9 Å². The molecule has 13 nitrogen and oxygen atoms in total. The number of nitrogens with zero attached hydrogens (tertiary/aromatic N) is 4. The van der Waals surface area contributed by atoms with Gasteiger partial charge in [0.05, 0.1) is 28.9 Å². The van der Waals surface area contributed by atoms with Gasteiger partial charge < -0.3 is 34.2 Å². The molecule has 0 radical (unpaired) electrons. The van der Waals surface area contributed by atoms with E-state index in [-0.39, 0.29) is 68.8 Å². The van der Waals surface area contributed by atoms with Gasteiger partial charge >= 0.3 is 0 Å². The molecule has 1 amide bonds. The molecular formula is C50H64N4O9.